The highest BCUT2D eigenvalue weighted by atomic mass is 32.2. The molecule has 1 aromatic heterocycles. The number of hydrogen-bond acceptors (Lipinski definition) is 3. The molecule has 1 heterocycles. The van der Waals surface area contributed by atoms with E-state index in [1.54, 1.807) is 23.0 Å². The van der Waals surface area contributed by atoms with Gasteiger partial charge in [0.1, 0.15) is 16.4 Å². The molecule has 0 spiro atoms. The third-order valence-corrected chi connectivity index (χ3v) is 5.65. The molecular formula is C20H22FN3O2S. The molecule has 0 saturated carbocycles. The molecule has 142 valence electrons. The van der Waals surface area contributed by atoms with Gasteiger partial charge >= 0.3 is 0 Å². The highest BCUT2D eigenvalue weighted by Crippen LogP contribution is 2.27. The van der Waals surface area contributed by atoms with Crippen molar-refractivity contribution in [2.24, 2.45) is 0 Å². The topological polar surface area (TPSA) is 64.0 Å². The maximum Gasteiger partial charge on any atom is 0.244 e. The second-order valence-corrected chi connectivity index (χ2v) is 8.29. The van der Waals surface area contributed by atoms with Gasteiger partial charge in [-0.3, -0.25) is 4.68 Å². The fourth-order valence-corrected chi connectivity index (χ4v) is 3.88. The van der Waals surface area contributed by atoms with Crippen molar-refractivity contribution in [3.8, 4) is 11.3 Å². The molecule has 0 fully saturated rings. The van der Waals surface area contributed by atoms with Crippen molar-refractivity contribution >= 4 is 10.0 Å². The van der Waals surface area contributed by atoms with Crippen molar-refractivity contribution in [2.45, 2.75) is 31.2 Å². The molecule has 0 aliphatic carbocycles. The maximum absolute atomic E-state index is 13.0. The maximum atomic E-state index is 13.0. The Labute approximate surface area is 158 Å². The van der Waals surface area contributed by atoms with Crippen molar-refractivity contribution in [3.63, 3.8) is 0 Å². The number of benzene rings is 2. The van der Waals surface area contributed by atoms with Crippen LogP contribution in [0.2, 0.25) is 0 Å². The van der Waals surface area contributed by atoms with Gasteiger partial charge in [0, 0.05) is 24.3 Å². The lowest BCUT2D eigenvalue weighted by Crippen LogP contribution is -2.26. The number of halogens is 1. The molecule has 0 saturated heterocycles. The van der Waals surface area contributed by atoms with Crippen LogP contribution in [0.25, 0.3) is 11.3 Å². The first-order valence-electron chi connectivity index (χ1n) is 8.75. The van der Waals surface area contributed by atoms with Crippen LogP contribution in [-0.4, -0.2) is 24.7 Å². The summed E-state index contributed by atoms with van der Waals surface area (Å²) in [5.74, 6) is -0.312. The third kappa shape index (κ3) is 4.61. The summed E-state index contributed by atoms with van der Waals surface area (Å²) in [6.45, 7) is 4.11. The van der Waals surface area contributed by atoms with E-state index in [1.165, 1.54) is 12.1 Å². The molecule has 2 aromatic carbocycles. The lowest BCUT2D eigenvalue weighted by atomic mass is 10.1. The lowest BCUT2D eigenvalue weighted by Gasteiger charge is -2.07. The van der Waals surface area contributed by atoms with E-state index in [4.69, 9.17) is 0 Å². The molecule has 0 atom stereocenters. The molecule has 27 heavy (non-hydrogen) atoms. The average Bonchev–Trinajstić information content (AvgIpc) is 3.11. The van der Waals surface area contributed by atoms with E-state index in [-0.39, 0.29) is 23.3 Å². The molecule has 0 aliphatic heterocycles. The summed E-state index contributed by atoms with van der Waals surface area (Å²) in [7, 11) is -3.74. The Bertz CT molecular complexity index is 997. The highest BCUT2D eigenvalue weighted by molar-refractivity contribution is 7.89. The number of sulfonamides is 1. The predicted octanol–water partition coefficient (Wildman–Crippen LogP) is 3.79. The predicted molar refractivity (Wildman–Crippen MR) is 103 cm³/mol. The Hall–Kier alpha value is -2.51. The van der Waals surface area contributed by atoms with E-state index < -0.39 is 10.0 Å². The van der Waals surface area contributed by atoms with Crippen molar-refractivity contribution in [3.05, 3.63) is 72.2 Å². The van der Waals surface area contributed by atoms with Gasteiger partial charge in [-0.2, -0.15) is 5.10 Å². The summed E-state index contributed by atoms with van der Waals surface area (Å²) in [5.41, 5.74) is 2.04. The van der Waals surface area contributed by atoms with Crippen molar-refractivity contribution in [1.82, 2.24) is 14.5 Å². The van der Waals surface area contributed by atoms with E-state index in [2.05, 4.69) is 9.82 Å². The van der Waals surface area contributed by atoms with E-state index in [1.807, 2.05) is 44.2 Å². The third-order valence-electron chi connectivity index (χ3n) is 4.18. The molecule has 3 rings (SSSR count). The molecule has 0 aliphatic rings. The minimum Gasteiger partial charge on any atom is -0.268 e. The summed E-state index contributed by atoms with van der Waals surface area (Å²) in [6.07, 6.45) is 2.03. The molecule has 7 heteroatoms. The zero-order valence-corrected chi connectivity index (χ0v) is 16.1. The summed E-state index contributed by atoms with van der Waals surface area (Å²) >= 11 is 0. The van der Waals surface area contributed by atoms with Crippen molar-refractivity contribution in [2.75, 3.05) is 6.54 Å². The van der Waals surface area contributed by atoms with Gasteiger partial charge in [-0.25, -0.2) is 17.5 Å². The molecule has 1 N–H and O–H groups in total. The molecule has 5 nitrogen and oxygen atoms in total. The van der Waals surface area contributed by atoms with Gasteiger partial charge in [0.05, 0.1) is 0 Å². The van der Waals surface area contributed by atoms with Crippen LogP contribution in [0, 0.1) is 5.82 Å². The highest BCUT2D eigenvalue weighted by Gasteiger charge is 2.24. The molecule has 0 radical (unpaired) electrons. The average molecular weight is 387 g/mol. The first kappa shape index (κ1) is 19.3. The Kier molecular flexibility index (Phi) is 5.72. The number of nitrogens with one attached hydrogen (secondary N) is 1. The quantitative estimate of drug-likeness (QED) is 0.671. The van der Waals surface area contributed by atoms with Gasteiger partial charge in [0.25, 0.3) is 0 Å². The largest absolute Gasteiger partial charge is 0.268 e. The Morgan fingerprint density at radius 3 is 2.37 bits per heavy atom. The SMILES string of the molecule is CC(C)n1cc(S(=O)(=O)NCCc2ccc(F)cc2)c(-c2ccccc2)n1. The zero-order valence-electron chi connectivity index (χ0n) is 15.3. The van der Waals surface area contributed by atoms with Gasteiger partial charge in [-0.05, 0) is 38.0 Å². The Morgan fingerprint density at radius 1 is 1.07 bits per heavy atom. The van der Waals surface area contributed by atoms with E-state index in [0.717, 1.165) is 11.1 Å². The number of aromatic nitrogens is 2. The first-order chi connectivity index (χ1) is 12.9. The minimum absolute atomic E-state index is 0.0376. The smallest absolute Gasteiger partial charge is 0.244 e. The Balaban J connectivity index is 1.83. The van der Waals surface area contributed by atoms with Crippen LogP contribution in [-0.2, 0) is 16.4 Å². The second kappa shape index (κ2) is 8.02. The summed E-state index contributed by atoms with van der Waals surface area (Å²) in [5, 5.41) is 4.48. The number of rotatable bonds is 7. The lowest BCUT2D eigenvalue weighted by molar-refractivity contribution is 0.532. The van der Waals surface area contributed by atoms with Crippen molar-refractivity contribution in [1.29, 1.82) is 0 Å². The number of nitrogens with zero attached hydrogens (tertiary/aromatic N) is 2. The van der Waals surface area contributed by atoms with Gasteiger partial charge in [-0.1, -0.05) is 42.5 Å². The van der Waals surface area contributed by atoms with Crippen LogP contribution in [0.4, 0.5) is 4.39 Å². The van der Waals surface area contributed by atoms with Crippen LogP contribution < -0.4 is 4.72 Å². The Morgan fingerprint density at radius 2 is 1.74 bits per heavy atom. The standard InChI is InChI=1S/C20H22FN3O2S/c1-15(2)24-14-19(20(23-24)17-6-4-3-5-7-17)27(25,26)22-13-12-16-8-10-18(21)11-9-16/h3-11,14-15,22H,12-13H2,1-2H3. The van der Waals surface area contributed by atoms with Gasteiger partial charge < -0.3 is 0 Å². The molecule has 3 aromatic rings. The molecule has 0 amide bonds. The monoisotopic (exact) mass is 387 g/mol. The van der Waals surface area contributed by atoms with Crippen LogP contribution in [0.15, 0.2) is 65.7 Å². The molecule has 0 bridgehead atoms. The minimum atomic E-state index is -3.74. The molecular weight excluding hydrogens is 365 g/mol. The number of hydrogen-bond donors (Lipinski definition) is 1. The van der Waals surface area contributed by atoms with Crippen LogP contribution >= 0.6 is 0 Å². The van der Waals surface area contributed by atoms with Crippen molar-refractivity contribution < 1.29 is 12.8 Å². The van der Waals surface area contributed by atoms with E-state index >= 15 is 0 Å². The van der Waals surface area contributed by atoms with Gasteiger partial charge in [0.15, 0.2) is 0 Å². The fourth-order valence-electron chi connectivity index (χ4n) is 2.69. The van der Waals surface area contributed by atoms with Crippen LogP contribution in [0.1, 0.15) is 25.5 Å². The van der Waals surface area contributed by atoms with E-state index in [0.29, 0.717) is 12.1 Å². The van der Waals surface area contributed by atoms with E-state index in [9.17, 15) is 12.8 Å². The zero-order chi connectivity index (χ0) is 19.4. The normalized spacial score (nSPS) is 11.9. The summed E-state index contributed by atoms with van der Waals surface area (Å²) in [6, 6.07) is 15.3. The summed E-state index contributed by atoms with van der Waals surface area (Å²) in [4.78, 5) is 0.154. The fraction of sp³-hybridized carbons (Fsp3) is 0.250. The van der Waals surface area contributed by atoms with Gasteiger partial charge in [0.2, 0.25) is 10.0 Å². The van der Waals surface area contributed by atoms with Gasteiger partial charge in [-0.15, -0.1) is 0 Å². The van der Waals surface area contributed by atoms with Crippen LogP contribution in [0.5, 0.6) is 0 Å². The summed E-state index contributed by atoms with van der Waals surface area (Å²) < 4.78 is 43.0. The second-order valence-electron chi connectivity index (χ2n) is 6.56. The first-order valence-corrected chi connectivity index (χ1v) is 10.2. The van der Waals surface area contributed by atoms with Crippen LogP contribution in [0.3, 0.4) is 0 Å². The molecule has 0 unspecified atom stereocenters.